The molecule has 0 spiro atoms. The number of carbonyl (C=O) groups is 1. The molecule has 1 unspecified atom stereocenters. The zero-order valence-electron chi connectivity index (χ0n) is 10.7. The van der Waals surface area contributed by atoms with Gasteiger partial charge in [0.1, 0.15) is 17.6 Å². The third-order valence-corrected chi connectivity index (χ3v) is 3.46. The second-order valence-corrected chi connectivity index (χ2v) is 5.26. The van der Waals surface area contributed by atoms with Crippen LogP contribution in [0.25, 0.3) is 0 Å². The number of benzene rings is 1. The van der Waals surface area contributed by atoms with E-state index in [-0.39, 0.29) is 5.75 Å². The lowest BCUT2D eigenvalue weighted by Gasteiger charge is -2.16. The summed E-state index contributed by atoms with van der Waals surface area (Å²) in [5.74, 6) is -0.766. The molecule has 106 valence electrons. The fourth-order valence-corrected chi connectivity index (χ4v) is 1.79. The SMILES string of the molecule is COP(=O)(OC)Oc1ccc(OC(C)C(=O)[O-])cc1. The molecule has 0 aliphatic carbocycles. The summed E-state index contributed by atoms with van der Waals surface area (Å²) in [6.07, 6.45) is -1.07. The lowest BCUT2D eigenvalue weighted by Crippen LogP contribution is -2.37. The van der Waals surface area contributed by atoms with E-state index in [2.05, 4.69) is 9.05 Å². The average molecular weight is 289 g/mol. The van der Waals surface area contributed by atoms with Crippen molar-refractivity contribution < 1.29 is 32.8 Å². The van der Waals surface area contributed by atoms with Crippen molar-refractivity contribution in [3.8, 4) is 11.5 Å². The first-order chi connectivity index (χ1) is 8.90. The molecule has 0 saturated carbocycles. The Bertz CT molecular complexity index is 462. The smallest absolute Gasteiger partial charge is 0.529 e. The van der Waals surface area contributed by atoms with E-state index in [1.165, 1.54) is 45.4 Å². The van der Waals surface area contributed by atoms with Gasteiger partial charge in [0.25, 0.3) is 0 Å². The molecule has 0 aliphatic rings. The predicted octanol–water partition coefficient (Wildman–Crippen LogP) is 0.983. The van der Waals surface area contributed by atoms with E-state index in [1.54, 1.807) is 0 Å². The first-order valence-corrected chi connectivity index (χ1v) is 6.75. The van der Waals surface area contributed by atoms with Crippen LogP contribution in [0.2, 0.25) is 0 Å². The summed E-state index contributed by atoms with van der Waals surface area (Å²) in [5.41, 5.74) is 0. The second kappa shape index (κ2) is 6.56. The van der Waals surface area contributed by atoms with Crippen LogP contribution in [0.15, 0.2) is 24.3 Å². The first-order valence-electron chi connectivity index (χ1n) is 5.29. The quantitative estimate of drug-likeness (QED) is 0.690. The Labute approximate surface area is 110 Å². The number of carboxylic acids is 1. The van der Waals surface area contributed by atoms with Crippen molar-refractivity contribution in [1.29, 1.82) is 0 Å². The van der Waals surface area contributed by atoms with E-state index in [4.69, 9.17) is 9.26 Å². The van der Waals surface area contributed by atoms with Crippen molar-refractivity contribution in [2.45, 2.75) is 13.0 Å². The predicted molar refractivity (Wildman–Crippen MR) is 63.8 cm³/mol. The van der Waals surface area contributed by atoms with Crippen LogP contribution in [0.1, 0.15) is 6.92 Å². The molecule has 0 aliphatic heterocycles. The fourth-order valence-electron chi connectivity index (χ4n) is 1.11. The topological polar surface area (TPSA) is 94.1 Å². The fraction of sp³-hybridized carbons (Fsp3) is 0.364. The van der Waals surface area contributed by atoms with Crippen LogP contribution in [0, 0.1) is 0 Å². The number of aliphatic carboxylic acids is 1. The number of phosphoric acid groups is 1. The maximum atomic E-state index is 11.7. The molecule has 1 aromatic carbocycles. The number of hydrogen-bond donors (Lipinski definition) is 0. The molecule has 1 atom stereocenters. The summed E-state index contributed by atoms with van der Waals surface area (Å²) in [6, 6.07) is 5.82. The van der Waals surface area contributed by atoms with Gasteiger partial charge in [0.05, 0.1) is 5.97 Å². The Morgan fingerprint density at radius 2 is 1.63 bits per heavy atom. The van der Waals surface area contributed by atoms with Crippen LogP contribution >= 0.6 is 7.82 Å². The molecule has 0 aromatic heterocycles. The molecule has 1 rings (SSSR count). The Morgan fingerprint density at radius 1 is 1.16 bits per heavy atom. The molecule has 1 aromatic rings. The number of phosphoric ester groups is 1. The number of rotatable bonds is 7. The Hall–Kier alpha value is -1.56. The van der Waals surface area contributed by atoms with Crippen LogP contribution in [0.4, 0.5) is 0 Å². The molecule has 0 radical (unpaired) electrons. The van der Waals surface area contributed by atoms with Crippen LogP contribution < -0.4 is 14.4 Å². The van der Waals surface area contributed by atoms with E-state index in [0.717, 1.165) is 0 Å². The van der Waals surface area contributed by atoms with Gasteiger partial charge in [0, 0.05) is 14.2 Å². The van der Waals surface area contributed by atoms with E-state index < -0.39 is 19.9 Å². The molecule has 0 saturated heterocycles. The Balaban J connectivity index is 2.72. The molecular weight excluding hydrogens is 275 g/mol. The number of carbonyl (C=O) groups excluding carboxylic acids is 1. The largest absolute Gasteiger partial charge is 0.546 e. The monoisotopic (exact) mass is 289 g/mol. The van der Waals surface area contributed by atoms with Gasteiger partial charge in [0.15, 0.2) is 0 Å². The molecule has 0 bridgehead atoms. The number of carboxylic acid groups (broad SMARTS) is 1. The van der Waals surface area contributed by atoms with Gasteiger partial charge in [-0.2, -0.15) is 0 Å². The minimum absolute atomic E-state index is 0.237. The van der Waals surface area contributed by atoms with Crippen molar-refractivity contribution >= 4 is 13.8 Å². The van der Waals surface area contributed by atoms with Gasteiger partial charge in [-0.15, -0.1) is 0 Å². The number of hydrogen-bond acceptors (Lipinski definition) is 7. The van der Waals surface area contributed by atoms with Gasteiger partial charge < -0.3 is 19.2 Å². The van der Waals surface area contributed by atoms with Crippen molar-refractivity contribution in [3.63, 3.8) is 0 Å². The van der Waals surface area contributed by atoms with Gasteiger partial charge >= 0.3 is 7.82 Å². The van der Waals surface area contributed by atoms with Gasteiger partial charge in [-0.1, -0.05) is 0 Å². The lowest BCUT2D eigenvalue weighted by atomic mass is 10.3. The summed E-state index contributed by atoms with van der Waals surface area (Å²) in [6.45, 7) is 1.35. The van der Waals surface area contributed by atoms with E-state index in [0.29, 0.717) is 5.75 Å². The molecule has 8 heteroatoms. The van der Waals surface area contributed by atoms with Crippen LogP contribution in [-0.4, -0.2) is 26.3 Å². The van der Waals surface area contributed by atoms with Crippen molar-refractivity contribution in [2.24, 2.45) is 0 Å². The minimum Gasteiger partial charge on any atom is -0.546 e. The first kappa shape index (κ1) is 15.5. The maximum Gasteiger partial charge on any atom is 0.529 e. The van der Waals surface area contributed by atoms with Crippen LogP contribution in [0.3, 0.4) is 0 Å². The molecule has 0 amide bonds. The zero-order chi connectivity index (χ0) is 14.5. The summed E-state index contributed by atoms with van der Waals surface area (Å²) >= 11 is 0. The van der Waals surface area contributed by atoms with E-state index in [1.807, 2.05) is 0 Å². The molecule has 0 N–H and O–H groups in total. The third kappa shape index (κ3) is 4.55. The van der Waals surface area contributed by atoms with Crippen molar-refractivity contribution in [3.05, 3.63) is 24.3 Å². The Kier molecular flexibility index (Phi) is 5.35. The highest BCUT2D eigenvalue weighted by atomic mass is 31.2. The normalized spacial score (nSPS) is 12.8. The van der Waals surface area contributed by atoms with Crippen LogP contribution in [0.5, 0.6) is 11.5 Å². The summed E-state index contributed by atoms with van der Waals surface area (Å²) in [7, 11) is -1.21. The van der Waals surface area contributed by atoms with Crippen LogP contribution in [-0.2, 0) is 18.4 Å². The minimum atomic E-state index is -3.61. The highest BCUT2D eigenvalue weighted by Gasteiger charge is 2.24. The summed E-state index contributed by atoms with van der Waals surface area (Å²) in [4.78, 5) is 10.5. The van der Waals surface area contributed by atoms with E-state index >= 15 is 0 Å². The lowest BCUT2D eigenvalue weighted by molar-refractivity contribution is -0.312. The van der Waals surface area contributed by atoms with Gasteiger partial charge in [-0.3, -0.25) is 9.05 Å². The highest BCUT2D eigenvalue weighted by molar-refractivity contribution is 7.48. The Morgan fingerprint density at radius 3 is 2.05 bits per heavy atom. The molecular formula is C11H14O7P-. The van der Waals surface area contributed by atoms with E-state index in [9.17, 15) is 14.5 Å². The third-order valence-electron chi connectivity index (χ3n) is 2.13. The average Bonchev–Trinajstić information content (AvgIpc) is 2.40. The second-order valence-electron chi connectivity index (χ2n) is 3.45. The number of ether oxygens (including phenoxy) is 1. The van der Waals surface area contributed by atoms with Gasteiger partial charge in [-0.05, 0) is 31.2 Å². The van der Waals surface area contributed by atoms with Gasteiger partial charge in [0.2, 0.25) is 0 Å². The molecule has 0 fully saturated rings. The molecule has 19 heavy (non-hydrogen) atoms. The molecule has 0 heterocycles. The highest BCUT2D eigenvalue weighted by Crippen LogP contribution is 2.47. The van der Waals surface area contributed by atoms with Crippen molar-refractivity contribution in [1.82, 2.24) is 0 Å². The zero-order valence-corrected chi connectivity index (χ0v) is 11.6. The standard InChI is InChI=1S/C11H15O7P/c1-8(11(12)13)17-9-4-6-10(7-5-9)18-19(14,15-2)16-3/h4-8H,1-3H3,(H,12,13)/p-1. The van der Waals surface area contributed by atoms with Crippen molar-refractivity contribution in [2.75, 3.05) is 14.2 Å². The molecule has 7 nitrogen and oxygen atoms in total. The summed E-state index contributed by atoms with van der Waals surface area (Å²) in [5, 5.41) is 10.5. The maximum absolute atomic E-state index is 11.7. The van der Waals surface area contributed by atoms with Gasteiger partial charge in [-0.25, -0.2) is 4.57 Å². The summed E-state index contributed by atoms with van der Waals surface area (Å²) < 4.78 is 31.0.